The van der Waals surface area contributed by atoms with Gasteiger partial charge in [-0.15, -0.1) is 11.3 Å². The number of carbonyl (C=O) groups excluding carboxylic acids is 2. The standard InChI is InChI=1S/C18H21N3O3S/c1-12-16(25-13(2)19-12)18(23)21-10-8-20(9-11-21)17(22)14-6-4-5-7-15(14)24-3/h4-7H,8-11H2,1-3H3. The van der Waals surface area contributed by atoms with Crippen molar-refractivity contribution in [3.05, 3.63) is 45.4 Å². The number of amides is 2. The zero-order valence-corrected chi connectivity index (χ0v) is 15.4. The highest BCUT2D eigenvalue weighted by molar-refractivity contribution is 7.13. The fourth-order valence-corrected chi connectivity index (χ4v) is 3.87. The van der Waals surface area contributed by atoms with Gasteiger partial charge in [-0.25, -0.2) is 4.98 Å². The second-order valence-corrected chi connectivity index (χ2v) is 7.14. The number of para-hydroxylation sites is 1. The molecule has 25 heavy (non-hydrogen) atoms. The molecule has 1 aromatic heterocycles. The summed E-state index contributed by atoms with van der Waals surface area (Å²) in [6, 6.07) is 7.21. The van der Waals surface area contributed by atoms with Gasteiger partial charge in [0.2, 0.25) is 0 Å². The van der Waals surface area contributed by atoms with Crippen LogP contribution in [0.1, 0.15) is 30.7 Å². The van der Waals surface area contributed by atoms with E-state index >= 15 is 0 Å². The van der Waals surface area contributed by atoms with Crippen molar-refractivity contribution in [1.82, 2.24) is 14.8 Å². The van der Waals surface area contributed by atoms with Crippen LogP contribution in [-0.4, -0.2) is 59.9 Å². The number of ether oxygens (including phenoxy) is 1. The van der Waals surface area contributed by atoms with Crippen LogP contribution in [0, 0.1) is 13.8 Å². The maximum Gasteiger partial charge on any atom is 0.265 e. The third-order valence-electron chi connectivity index (χ3n) is 4.29. The van der Waals surface area contributed by atoms with Gasteiger partial charge in [0, 0.05) is 26.2 Å². The quantitative estimate of drug-likeness (QED) is 0.844. The van der Waals surface area contributed by atoms with Gasteiger partial charge in [0.05, 0.1) is 23.4 Å². The first-order valence-corrected chi connectivity index (χ1v) is 8.98. The van der Waals surface area contributed by atoms with E-state index in [4.69, 9.17) is 4.74 Å². The minimum Gasteiger partial charge on any atom is -0.496 e. The molecule has 0 atom stereocenters. The largest absolute Gasteiger partial charge is 0.496 e. The average molecular weight is 359 g/mol. The van der Waals surface area contributed by atoms with Gasteiger partial charge in [-0.1, -0.05) is 12.1 Å². The lowest BCUT2D eigenvalue weighted by atomic mass is 10.1. The van der Waals surface area contributed by atoms with E-state index in [1.165, 1.54) is 11.3 Å². The van der Waals surface area contributed by atoms with Crippen molar-refractivity contribution in [2.24, 2.45) is 0 Å². The van der Waals surface area contributed by atoms with E-state index in [0.717, 1.165) is 10.7 Å². The van der Waals surface area contributed by atoms with Crippen molar-refractivity contribution in [3.63, 3.8) is 0 Å². The number of hydrogen-bond donors (Lipinski definition) is 0. The highest BCUT2D eigenvalue weighted by Crippen LogP contribution is 2.22. The smallest absolute Gasteiger partial charge is 0.265 e. The monoisotopic (exact) mass is 359 g/mol. The number of rotatable bonds is 3. The van der Waals surface area contributed by atoms with E-state index in [1.807, 2.05) is 26.0 Å². The lowest BCUT2D eigenvalue weighted by Gasteiger charge is -2.34. The molecule has 0 radical (unpaired) electrons. The van der Waals surface area contributed by atoms with Gasteiger partial charge in [0.15, 0.2) is 0 Å². The number of carbonyl (C=O) groups is 2. The summed E-state index contributed by atoms with van der Waals surface area (Å²) in [5, 5.41) is 0.894. The summed E-state index contributed by atoms with van der Waals surface area (Å²) in [4.78, 5) is 34.0. The number of hydrogen-bond acceptors (Lipinski definition) is 5. The molecule has 0 spiro atoms. The number of nitrogens with zero attached hydrogens (tertiary/aromatic N) is 3. The molecule has 1 aliphatic rings. The molecule has 132 valence electrons. The van der Waals surface area contributed by atoms with E-state index in [0.29, 0.717) is 42.4 Å². The van der Waals surface area contributed by atoms with Gasteiger partial charge >= 0.3 is 0 Å². The first kappa shape index (κ1) is 17.4. The summed E-state index contributed by atoms with van der Waals surface area (Å²) in [6.07, 6.45) is 0. The molecule has 1 aliphatic heterocycles. The van der Waals surface area contributed by atoms with Gasteiger partial charge in [-0.3, -0.25) is 9.59 Å². The molecular formula is C18H21N3O3S. The second-order valence-electron chi connectivity index (χ2n) is 5.93. The van der Waals surface area contributed by atoms with Crippen LogP contribution in [0.25, 0.3) is 0 Å². The summed E-state index contributed by atoms with van der Waals surface area (Å²) < 4.78 is 5.27. The summed E-state index contributed by atoms with van der Waals surface area (Å²) in [6.45, 7) is 5.83. The Bertz CT molecular complexity index is 795. The van der Waals surface area contributed by atoms with E-state index in [9.17, 15) is 9.59 Å². The Morgan fingerprint density at radius 1 is 1.04 bits per heavy atom. The summed E-state index contributed by atoms with van der Waals surface area (Å²) in [5.41, 5.74) is 1.33. The predicted octanol–water partition coefficient (Wildman–Crippen LogP) is 2.37. The van der Waals surface area contributed by atoms with Gasteiger partial charge in [0.1, 0.15) is 10.6 Å². The van der Waals surface area contributed by atoms with Gasteiger partial charge in [-0.05, 0) is 26.0 Å². The molecule has 1 aromatic carbocycles. The SMILES string of the molecule is COc1ccccc1C(=O)N1CCN(C(=O)c2sc(C)nc2C)CC1. The Kier molecular flexibility index (Phi) is 5.03. The van der Waals surface area contributed by atoms with Crippen molar-refractivity contribution < 1.29 is 14.3 Å². The molecule has 0 bridgehead atoms. The van der Waals surface area contributed by atoms with Crippen molar-refractivity contribution in [1.29, 1.82) is 0 Å². The number of aromatic nitrogens is 1. The highest BCUT2D eigenvalue weighted by Gasteiger charge is 2.28. The Balaban J connectivity index is 1.66. The first-order valence-electron chi connectivity index (χ1n) is 8.17. The summed E-state index contributed by atoms with van der Waals surface area (Å²) in [5.74, 6) is 0.517. The van der Waals surface area contributed by atoms with Gasteiger partial charge in [-0.2, -0.15) is 0 Å². The normalized spacial score (nSPS) is 14.5. The van der Waals surface area contributed by atoms with Crippen molar-refractivity contribution in [2.75, 3.05) is 33.3 Å². The highest BCUT2D eigenvalue weighted by atomic mass is 32.1. The van der Waals surface area contributed by atoms with Crippen LogP contribution in [0.5, 0.6) is 5.75 Å². The topological polar surface area (TPSA) is 62.7 Å². The minimum absolute atomic E-state index is 0.00694. The molecule has 2 amide bonds. The molecule has 0 saturated carbocycles. The van der Waals surface area contributed by atoms with Crippen molar-refractivity contribution >= 4 is 23.2 Å². The summed E-state index contributed by atoms with van der Waals surface area (Å²) >= 11 is 1.43. The molecule has 6 nitrogen and oxygen atoms in total. The Labute approximate surface area is 151 Å². The van der Waals surface area contributed by atoms with Crippen LogP contribution in [0.3, 0.4) is 0 Å². The molecule has 0 aliphatic carbocycles. The van der Waals surface area contributed by atoms with Crippen LogP contribution in [0.2, 0.25) is 0 Å². The zero-order valence-electron chi connectivity index (χ0n) is 14.6. The number of aryl methyl sites for hydroxylation is 2. The third-order valence-corrected chi connectivity index (χ3v) is 5.35. The average Bonchev–Trinajstić information content (AvgIpc) is 2.98. The molecule has 1 saturated heterocycles. The summed E-state index contributed by atoms with van der Waals surface area (Å²) in [7, 11) is 1.56. The fourth-order valence-electron chi connectivity index (χ4n) is 2.98. The Morgan fingerprint density at radius 3 is 2.20 bits per heavy atom. The molecule has 0 unspecified atom stereocenters. The van der Waals surface area contributed by atoms with Gasteiger partial charge < -0.3 is 14.5 Å². The van der Waals surface area contributed by atoms with Crippen LogP contribution >= 0.6 is 11.3 Å². The molecular weight excluding hydrogens is 338 g/mol. The molecule has 2 aromatic rings. The fraction of sp³-hybridized carbons (Fsp3) is 0.389. The van der Waals surface area contributed by atoms with Crippen LogP contribution in [0.4, 0.5) is 0 Å². The zero-order chi connectivity index (χ0) is 18.0. The van der Waals surface area contributed by atoms with Gasteiger partial charge in [0.25, 0.3) is 11.8 Å². The lowest BCUT2D eigenvalue weighted by Crippen LogP contribution is -2.50. The molecule has 7 heteroatoms. The Morgan fingerprint density at radius 2 is 1.64 bits per heavy atom. The number of piperazine rings is 1. The lowest BCUT2D eigenvalue weighted by molar-refractivity contribution is 0.0535. The minimum atomic E-state index is -0.0608. The molecule has 0 N–H and O–H groups in total. The number of methoxy groups -OCH3 is 1. The molecule has 3 rings (SSSR count). The van der Waals surface area contributed by atoms with Crippen molar-refractivity contribution in [2.45, 2.75) is 13.8 Å². The van der Waals surface area contributed by atoms with E-state index in [1.54, 1.807) is 29.0 Å². The molecule has 1 fully saturated rings. The van der Waals surface area contributed by atoms with E-state index in [2.05, 4.69) is 4.98 Å². The first-order chi connectivity index (χ1) is 12.0. The van der Waals surface area contributed by atoms with Crippen molar-refractivity contribution in [3.8, 4) is 5.75 Å². The van der Waals surface area contributed by atoms with E-state index < -0.39 is 0 Å². The van der Waals surface area contributed by atoms with Crippen LogP contribution in [0.15, 0.2) is 24.3 Å². The van der Waals surface area contributed by atoms with E-state index in [-0.39, 0.29) is 11.8 Å². The number of thiazole rings is 1. The second kappa shape index (κ2) is 7.23. The number of benzene rings is 1. The maximum atomic E-state index is 12.7. The van der Waals surface area contributed by atoms with Crippen LogP contribution in [-0.2, 0) is 0 Å². The maximum absolute atomic E-state index is 12.7. The predicted molar refractivity (Wildman–Crippen MR) is 96.4 cm³/mol. The molecule has 2 heterocycles. The third kappa shape index (κ3) is 3.51. The Hall–Kier alpha value is -2.41. The van der Waals surface area contributed by atoms with Crippen LogP contribution < -0.4 is 4.74 Å².